The van der Waals surface area contributed by atoms with Gasteiger partial charge in [-0.25, -0.2) is 8.78 Å². The summed E-state index contributed by atoms with van der Waals surface area (Å²) in [5.74, 6) is -1.08. The molecule has 14 heavy (non-hydrogen) atoms. The summed E-state index contributed by atoms with van der Waals surface area (Å²) in [5, 5.41) is 3.99. The zero-order chi connectivity index (χ0) is 10.7. The van der Waals surface area contributed by atoms with Crippen LogP contribution >= 0.6 is 0 Å². The Labute approximate surface area is 80.7 Å². The van der Waals surface area contributed by atoms with Gasteiger partial charge in [0, 0.05) is 12.2 Å². The van der Waals surface area contributed by atoms with E-state index >= 15 is 0 Å². The molecular formula is C9H12F2N2O. The van der Waals surface area contributed by atoms with Crippen molar-refractivity contribution in [3.8, 4) is 0 Å². The average Bonchev–Trinajstić information content (AvgIpc) is 2.52. The second kappa shape index (κ2) is 4.30. The Balaban J connectivity index is 2.64. The van der Waals surface area contributed by atoms with E-state index < -0.39 is 12.2 Å². The summed E-state index contributed by atoms with van der Waals surface area (Å²) in [5.41, 5.74) is 0.393. The molecule has 0 bridgehead atoms. The van der Waals surface area contributed by atoms with Gasteiger partial charge in [-0.1, -0.05) is 0 Å². The molecule has 1 aromatic rings. The SMILES string of the molecule is CC(C)n1ccc(CC(=O)C(F)F)n1. The zero-order valence-electron chi connectivity index (χ0n) is 8.08. The van der Waals surface area contributed by atoms with Crippen LogP contribution in [0, 0.1) is 0 Å². The highest BCUT2D eigenvalue weighted by atomic mass is 19.3. The van der Waals surface area contributed by atoms with Crippen molar-refractivity contribution >= 4 is 5.78 Å². The summed E-state index contributed by atoms with van der Waals surface area (Å²) >= 11 is 0. The Bertz CT molecular complexity index is 320. The first-order valence-electron chi connectivity index (χ1n) is 4.35. The van der Waals surface area contributed by atoms with Crippen LogP contribution < -0.4 is 0 Å². The quantitative estimate of drug-likeness (QED) is 0.746. The van der Waals surface area contributed by atoms with Gasteiger partial charge in [-0.15, -0.1) is 0 Å². The smallest absolute Gasteiger partial charge is 0.293 e. The number of hydrogen-bond donors (Lipinski definition) is 0. The third-order valence-electron chi connectivity index (χ3n) is 1.79. The molecule has 78 valence electrons. The number of carbonyl (C=O) groups is 1. The van der Waals surface area contributed by atoms with Crippen molar-refractivity contribution < 1.29 is 13.6 Å². The number of rotatable bonds is 4. The van der Waals surface area contributed by atoms with Crippen molar-refractivity contribution in [1.82, 2.24) is 9.78 Å². The lowest BCUT2D eigenvalue weighted by Crippen LogP contribution is -2.13. The molecular weight excluding hydrogens is 190 g/mol. The number of ketones is 1. The summed E-state index contributed by atoms with van der Waals surface area (Å²) < 4.78 is 25.4. The van der Waals surface area contributed by atoms with E-state index in [0.717, 1.165) is 0 Å². The van der Waals surface area contributed by atoms with Crippen LogP contribution in [0.25, 0.3) is 0 Å². The predicted octanol–water partition coefficient (Wildman–Crippen LogP) is 1.84. The predicted molar refractivity (Wildman–Crippen MR) is 47.3 cm³/mol. The normalized spacial score (nSPS) is 11.3. The highest BCUT2D eigenvalue weighted by Gasteiger charge is 2.17. The summed E-state index contributed by atoms with van der Waals surface area (Å²) in [6.07, 6.45) is -1.52. The number of Topliss-reactive ketones (excluding diaryl/α,β-unsaturated/α-hetero) is 1. The fourth-order valence-electron chi connectivity index (χ4n) is 1.01. The van der Waals surface area contributed by atoms with Gasteiger partial charge in [0.15, 0.2) is 0 Å². The highest BCUT2D eigenvalue weighted by Crippen LogP contribution is 2.07. The molecule has 0 amide bonds. The van der Waals surface area contributed by atoms with E-state index in [9.17, 15) is 13.6 Å². The summed E-state index contributed by atoms with van der Waals surface area (Å²) in [6, 6.07) is 1.76. The van der Waals surface area contributed by atoms with E-state index in [-0.39, 0.29) is 12.5 Å². The molecule has 0 spiro atoms. The van der Waals surface area contributed by atoms with Crippen molar-refractivity contribution in [2.24, 2.45) is 0 Å². The minimum absolute atomic E-state index is 0.172. The molecule has 1 heterocycles. The van der Waals surface area contributed by atoms with Crippen molar-refractivity contribution in [2.75, 3.05) is 0 Å². The molecule has 0 aliphatic rings. The van der Waals surface area contributed by atoms with E-state index in [1.807, 2.05) is 13.8 Å². The van der Waals surface area contributed by atoms with Gasteiger partial charge in [-0.05, 0) is 19.9 Å². The standard InChI is InChI=1S/C9H12F2N2O/c1-6(2)13-4-3-7(12-13)5-8(14)9(10)11/h3-4,6,9H,5H2,1-2H3. The number of hydrogen-bond acceptors (Lipinski definition) is 2. The number of nitrogens with zero attached hydrogens (tertiary/aromatic N) is 2. The van der Waals surface area contributed by atoms with Crippen molar-refractivity contribution in [1.29, 1.82) is 0 Å². The van der Waals surface area contributed by atoms with Gasteiger partial charge in [0.2, 0.25) is 5.78 Å². The maximum absolute atomic E-state index is 11.9. The fourth-order valence-corrected chi connectivity index (χ4v) is 1.01. The Hall–Kier alpha value is -1.26. The topological polar surface area (TPSA) is 34.9 Å². The van der Waals surface area contributed by atoms with Crippen LogP contribution in [0.15, 0.2) is 12.3 Å². The highest BCUT2D eigenvalue weighted by molar-refractivity contribution is 5.83. The Morgan fingerprint density at radius 1 is 1.57 bits per heavy atom. The third-order valence-corrected chi connectivity index (χ3v) is 1.79. The number of halogens is 2. The molecule has 1 aromatic heterocycles. The zero-order valence-corrected chi connectivity index (χ0v) is 8.08. The van der Waals surface area contributed by atoms with Crippen molar-refractivity contribution in [2.45, 2.75) is 32.7 Å². The van der Waals surface area contributed by atoms with Crippen LogP contribution in [0.1, 0.15) is 25.6 Å². The molecule has 0 saturated carbocycles. The van der Waals surface area contributed by atoms with Crippen LogP contribution in [0.2, 0.25) is 0 Å². The second-order valence-electron chi connectivity index (χ2n) is 3.32. The molecule has 0 saturated heterocycles. The summed E-state index contributed by atoms with van der Waals surface area (Å²) in [7, 11) is 0. The van der Waals surface area contributed by atoms with Crippen LogP contribution in [0.4, 0.5) is 8.78 Å². The molecule has 1 rings (SSSR count). The third kappa shape index (κ3) is 2.61. The van der Waals surface area contributed by atoms with E-state index in [1.54, 1.807) is 16.9 Å². The molecule has 0 aliphatic carbocycles. The molecule has 3 nitrogen and oxygen atoms in total. The maximum Gasteiger partial charge on any atom is 0.296 e. The van der Waals surface area contributed by atoms with Gasteiger partial charge in [0.1, 0.15) is 0 Å². The Morgan fingerprint density at radius 2 is 2.21 bits per heavy atom. The van der Waals surface area contributed by atoms with E-state index in [1.165, 1.54) is 0 Å². The largest absolute Gasteiger partial charge is 0.296 e. The van der Waals surface area contributed by atoms with Crippen LogP contribution in [-0.4, -0.2) is 22.0 Å². The first kappa shape index (κ1) is 10.8. The van der Waals surface area contributed by atoms with Crippen LogP contribution in [0.5, 0.6) is 0 Å². The van der Waals surface area contributed by atoms with Gasteiger partial charge < -0.3 is 0 Å². The first-order valence-corrected chi connectivity index (χ1v) is 4.35. The average molecular weight is 202 g/mol. The van der Waals surface area contributed by atoms with E-state index in [2.05, 4.69) is 5.10 Å². The Morgan fingerprint density at radius 3 is 2.64 bits per heavy atom. The molecule has 0 aromatic carbocycles. The number of carbonyl (C=O) groups excluding carboxylic acids is 1. The minimum Gasteiger partial charge on any atom is -0.293 e. The fraction of sp³-hybridized carbons (Fsp3) is 0.556. The molecule has 0 unspecified atom stereocenters. The first-order chi connectivity index (χ1) is 6.50. The number of alkyl halides is 2. The van der Waals surface area contributed by atoms with Crippen LogP contribution in [-0.2, 0) is 11.2 Å². The molecule has 0 fully saturated rings. The Kier molecular flexibility index (Phi) is 3.33. The van der Waals surface area contributed by atoms with Gasteiger partial charge in [0.05, 0.1) is 12.1 Å². The molecule has 5 heteroatoms. The monoisotopic (exact) mass is 202 g/mol. The number of aromatic nitrogens is 2. The summed E-state index contributed by atoms with van der Waals surface area (Å²) in [4.78, 5) is 10.7. The van der Waals surface area contributed by atoms with Crippen molar-refractivity contribution in [3.63, 3.8) is 0 Å². The molecule has 0 N–H and O–H groups in total. The van der Waals surface area contributed by atoms with Gasteiger partial charge in [-0.3, -0.25) is 9.48 Å². The minimum atomic E-state index is -2.90. The van der Waals surface area contributed by atoms with Gasteiger partial charge >= 0.3 is 0 Å². The van der Waals surface area contributed by atoms with E-state index in [4.69, 9.17) is 0 Å². The lowest BCUT2D eigenvalue weighted by Gasteiger charge is -2.03. The van der Waals surface area contributed by atoms with Crippen LogP contribution in [0.3, 0.4) is 0 Å². The molecule has 0 radical (unpaired) electrons. The van der Waals surface area contributed by atoms with Gasteiger partial charge in [0.25, 0.3) is 6.43 Å². The lowest BCUT2D eigenvalue weighted by molar-refractivity contribution is -0.128. The molecule has 0 atom stereocenters. The summed E-state index contributed by atoms with van der Waals surface area (Å²) in [6.45, 7) is 3.84. The maximum atomic E-state index is 11.9. The van der Waals surface area contributed by atoms with Gasteiger partial charge in [-0.2, -0.15) is 5.10 Å². The second-order valence-corrected chi connectivity index (χ2v) is 3.32. The lowest BCUT2D eigenvalue weighted by atomic mass is 10.2. The van der Waals surface area contributed by atoms with Crippen molar-refractivity contribution in [3.05, 3.63) is 18.0 Å². The molecule has 0 aliphatic heterocycles. The van der Waals surface area contributed by atoms with E-state index in [0.29, 0.717) is 5.69 Å².